The molecule has 172 valence electrons. The van der Waals surface area contributed by atoms with Crippen LogP contribution >= 0.6 is 0 Å². The zero-order chi connectivity index (χ0) is 24.5. The van der Waals surface area contributed by atoms with Crippen molar-refractivity contribution in [1.29, 1.82) is 0 Å². The summed E-state index contributed by atoms with van der Waals surface area (Å²) in [5.74, 6) is -0.258. The molecular formula is C32H22N2O2. The summed E-state index contributed by atoms with van der Waals surface area (Å²) in [5, 5.41) is 8.03. The van der Waals surface area contributed by atoms with E-state index in [1.165, 1.54) is 0 Å². The summed E-state index contributed by atoms with van der Waals surface area (Å²) in [5.41, 5.74) is 3.31. The topological polar surface area (TPSA) is 59.1 Å². The number of rotatable bonds is 5. The molecule has 0 fully saturated rings. The molecule has 1 amide bonds. The Hall–Kier alpha value is -4.83. The summed E-state index contributed by atoms with van der Waals surface area (Å²) in [4.78, 5) is 31.0. The van der Waals surface area contributed by atoms with Crippen LogP contribution in [-0.4, -0.2) is 16.7 Å². The molecular weight excluding hydrogens is 444 g/mol. The van der Waals surface area contributed by atoms with Gasteiger partial charge in [-0.05, 0) is 39.9 Å². The summed E-state index contributed by atoms with van der Waals surface area (Å²) < 4.78 is 0. The van der Waals surface area contributed by atoms with E-state index in [9.17, 15) is 9.59 Å². The number of amides is 1. The highest BCUT2D eigenvalue weighted by Crippen LogP contribution is 2.35. The van der Waals surface area contributed by atoms with Crippen molar-refractivity contribution < 1.29 is 9.59 Å². The molecule has 0 saturated heterocycles. The van der Waals surface area contributed by atoms with Crippen LogP contribution in [0.15, 0.2) is 115 Å². The monoisotopic (exact) mass is 466 g/mol. The fourth-order valence-corrected chi connectivity index (χ4v) is 4.76. The number of hydrogen-bond donors (Lipinski definition) is 1. The van der Waals surface area contributed by atoms with E-state index in [1.54, 1.807) is 6.07 Å². The lowest BCUT2D eigenvalue weighted by Crippen LogP contribution is -2.14. The summed E-state index contributed by atoms with van der Waals surface area (Å²) >= 11 is 0. The number of para-hydroxylation sites is 1. The van der Waals surface area contributed by atoms with Gasteiger partial charge in [-0.3, -0.25) is 9.59 Å². The van der Waals surface area contributed by atoms with Crippen molar-refractivity contribution in [2.24, 2.45) is 0 Å². The van der Waals surface area contributed by atoms with Crippen molar-refractivity contribution in [2.75, 3.05) is 5.32 Å². The van der Waals surface area contributed by atoms with Crippen LogP contribution in [0, 0.1) is 0 Å². The number of ketones is 1. The van der Waals surface area contributed by atoms with Crippen molar-refractivity contribution >= 4 is 49.8 Å². The smallest absolute Gasteiger partial charge is 0.274 e. The van der Waals surface area contributed by atoms with Gasteiger partial charge in [0.05, 0.1) is 5.52 Å². The van der Waals surface area contributed by atoms with Crippen LogP contribution < -0.4 is 5.32 Å². The third kappa shape index (κ3) is 3.99. The maximum absolute atomic E-state index is 13.4. The largest absolute Gasteiger partial charge is 0.320 e. The van der Waals surface area contributed by atoms with Crippen molar-refractivity contribution in [1.82, 2.24) is 4.98 Å². The molecule has 0 radical (unpaired) electrons. The molecule has 6 aromatic rings. The number of pyridine rings is 1. The maximum Gasteiger partial charge on any atom is 0.274 e. The highest BCUT2D eigenvalue weighted by atomic mass is 16.2. The van der Waals surface area contributed by atoms with E-state index in [0.717, 1.165) is 38.0 Å². The average Bonchev–Trinajstić information content (AvgIpc) is 2.93. The Labute approximate surface area is 208 Å². The Morgan fingerprint density at radius 3 is 2.25 bits per heavy atom. The highest BCUT2D eigenvalue weighted by Gasteiger charge is 2.17. The molecule has 36 heavy (non-hydrogen) atoms. The number of Topliss-reactive ketones (excluding diaryl/α,β-unsaturated/α-hetero) is 1. The number of benzene rings is 5. The number of nitrogens with zero attached hydrogens (tertiary/aromatic N) is 1. The number of nitrogens with one attached hydrogen (secondary N) is 1. The molecule has 0 aliphatic heterocycles. The summed E-state index contributed by atoms with van der Waals surface area (Å²) in [7, 11) is 0. The SMILES string of the molecule is O=C(Cc1cccc2c1c(NC(=O)c1ccc3ccccc3n1)cc1ccccc12)c1ccccc1. The Morgan fingerprint density at radius 1 is 0.667 bits per heavy atom. The summed E-state index contributed by atoms with van der Waals surface area (Å²) in [6.45, 7) is 0. The van der Waals surface area contributed by atoms with Crippen molar-refractivity contribution in [3.8, 4) is 0 Å². The van der Waals surface area contributed by atoms with Gasteiger partial charge in [-0.15, -0.1) is 0 Å². The molecule has 0 spiro atoms. The first kappa shape index (κ1) is 21.7. The summed E-state index contributed by atoms with van der Waals surface area (Å²) in [6, 6.07) is 36.7. The maximum atomic E-state index is 13.4. The number of anilines is 1. The Morgan fingerprint density at radius 2 is 1.39 bits per heavy atom. The molecule has 5 aromatic carbocycles. The lowest BCUT2D eigenvalue weighted by atomic mass is 9.93. The van der Waals surface area contributed by atoms with E-state index in [4.69, 9.17) is 0 Å². The van der Waals surface area contributed by atoms with Crippen LogP contribution in [0.2, 0.25) is 0 Å². The number of fused-ring (bicyclic) bond motifs is 4. The molecule has 0 aliphatic rings. The van der Waals surface area contributed by atoms with E-state index in [-0.39, 0.29) is 18.1 Å². The predicted octanol–water partition coefficient (Wildman–Crippen LogP) is 7.22. The van der Waals surface area contributed by atoms with Gasteiger partial charge in [-0.2, -0.15) is 0 Å². The average molecular weight is 467 g/mol. The van der Waals surface area contributed by atoms with Crippen molar-refractivity contribution in [3.05, 3.63) is 132 Å². The molecule has 1 heterocycles. The normalized spacial score (nSPS) is 11.1. The van der Waals surface area contributed by atoms with Gasteiger partial charge in [0.25, 0.3) is 5.91 Å². The fourth-order valence-electron chi connectivity index (χ4n) is 4.76. The molecule has 4 heteroatoms. The van der Waals surface area contributed by atoms with Gasteiger partial charge in [-0.25, -0.2) is 4.98 Å². The minimum atomic E-state index is -0.290. The zero-order valence-electron chi connectivity index (χ0n) is 19.4. The highest BCUT2D eigenvalue weighted by molar-refractivity contribution is 6.18. The molecule has 0 saturated carbocycles. The van der Waals surface area contributed by atoms with Crippen molar-refractivity contribution in [2.45, 2.75) is 6.42 Å². The zero-order valence-corrected chi connectivity index (χ0v) is 19.4. The number of hydrogen-bond acceptors (Lipinski definition) is 3. The second kappa shape index (κ2) is 9.08. The Balaban J connectivity index is 1.46. The van der Waals surface area contributed by atoms with Crippen LogP contribution in [0.25, 0.3) is 32.4 Å². The van der Waals surface area contributed by atoms with Gasteiger partial charge in [0.15, 0.2) is 5.78 Å². The molecule has 0 atom stereocenters. The molecule has 1 aromatic heterocycles. The molecule has 1 N–H and O–H groups in total. The molecule has 0 bridgehead atoms. The second-order valence-electron chi connectivity index (χ2n) is 8.79. The van der Waals surface area contributed by atoms with Crippen LogP contribution in [0.4, 0.5) is 5.69 Å². The second-order valence-corrected chi connectivity index (χ2v) is 8.79. The Bertz CT molecular complexity index is 1770. The minimum absolute atomic E-state index is 0.0322. The molecule has 0 aliphatic carbocycles. The van der Waals surface area contributed by atoms with Crippen LogP contribution in [0.1, 0.15) is 26.4 Å². The van der Waals surface area contributed by atoms with Crippen LogP contribution in [0.5, 0.6) is 0 Å². The third-order valence-electron chi connectivity index (χ3n) is 6.50. The number of carbonyl (C=O) groups excluding carboxylic acids is 2. The van der Waals surface area contributed by atoms with E-state index in [1.807, 2.05) is 103 Å². The van der Waals surface area contributed by atoms with Crippen LogP contribution in [-0.2, 0) is 6.42 Å². The van der Waals surface area contributed by atoms with Crippen LogP contribution in [0.3, 0.4) is 0 Å². The standard InChI is InChI=1S/C32H22N2O2/c35-30(22-10-2-1-3-11-22)20-24-13-8-15-26-25-14-6-4-12-23(25)19-29(31(24)26)34-32(36)28-18-17-21-9-5-7-16-27(21)33-28/h1-19H,20H2,(H,34,36). The van der Waals surface area contributed by atoms with E-state index in [2.05, 4.69) is 16.4 Å². The van der Waals surface area contributed by atoms with E-state index < -0.39 is 0 Å². The first-order chi connectivity index (χ1) is 17.7. The first-order valence-electron chi connectivity index (χ1n) is 11.9. The number of aromatic nitrogens is 1. The fraction of sp³-hybridized carbons (Fsp3) is 0.0312. The van der Waals surface area contributed by atoms with Gasteiger partial charge < -0.3 is 5.32 Å². The first-order valence-corrected chi connectivity index (χ1v) is 11.9. The van der Waals surface area contributed by atoms with Gasteiger partial charge in [0.2, 0.25) is 0 Å². The third-order valence-corrected chi connectivity index (χ3v) is 6.50. The molecule has 4 nitrogen and oxygen atoms in total. The van der Waals surface area contributed by atoms with Gasteiger partial charge in [0.1, 0.15) is 5.69 Å². The quantitative estimate of drug-likeness (QED) is 0.216. The van der Waals surface area contributed by atoms with E-state index >= 15 is 0 Å². The lowest BCUT2D eigenvalue weighted by Gasteiger charge is -2.15. The number of carbonyl (C=O) groups is 2. The van der Waals surface area contributed by atoms with Gasteiger partial charge >= 0.3 is 0 Å². The Kier molecular flexibility index (Phi) is 5.47. The van der Waals surface area contributed by atoms with Crippen molar-refractivity contribution in [3.63, 3.8) is 0 Å². The molecule has 6 rings (SSSR count). The predicted molar refractivity (Wildman–Crippen MR) is 146 cm³/mol. The summed E-state index contributed by atoms with van der Waals surface area (Å²) in [6.07, 6.45) is 0.233. The van der Waals surface area contributed by atoms with Gasteiger partial charge in [-0.1, -0.05) is 97.1 Å². The van der Waals surface area contributed by atoms with Gasteiger partial charge in [0, 0.05) is 28.4 Å². The molecule has 0 unspecified atom stereocenters. The van der Waals surface area contributed by atoms with E-state index in [0.29, 0.717) is 16.9 Å². The lowest BCUT2D eigenvalue weighted by molar-refractivity contribution is 0.0991. The minimum Gasteiger partial charge on any atom is -0.320 e.